The van der Waals surface area contributed by atoms with Crippen molar-refractivity contribution in [3.63, 3.8) is 0 Å². The number of rotatable bonds is 3. The van der Waals surface area contributed by atoms with Gasteiger partial charge in [-0.05, 0) is 30.7 Å². The minimum Gasteiger partial charge on any atom is -0.368 e. The van der Waals surface area contributed by atoms with Crippen LogP contribution in [-0.2, 0) is 0 Å². The van der Waals surface area contributed by atoms with E-state index in [1.165, 1.54) is 6.42 Å². The molecule has 3 rings (SSSR count). The van der Waals surface area contributed by atoms with Gasteiger partial charge in [0.25, 0.3) is 5.95 Å². The number of nitrogens with zero attached hydrogens (tertiary/aromatic N) is 5. The second kappa shape index (κ2) is 4.73. The summed E-state index contributed by atoms with van der Waals surface area (Å²) in [7, 11) is 0. The molecule has 1 unspecified atom stereocenters. The Bertz CT molecular complexity index is 591. The topological polar surface area (TPSA) is 94.5 Å². The first-order chi connectivity index (χ1) is 9.52. The normalized spacial score (nSPS) is 21.0. The van der Waals surface area contributed by atoms with E-state index >= 15 is 0 Å². The Labute approximate surface area is 117 Å². The molecule has 2 aromatic heterocycles. The van der Waals surface area contributed by atoms with Crippen LogP contribution in [0, 0.1) is 5.41 Å². The monoisotopic (exact) mass is 273 g/mol. The third kappa shape index (κ3) is 2.71. The molecule has 0 radical (unpaired) electrons. The highest BCUT2D eigenvalue weighted by molar-refractivity contribution is 5.36. The second-order valence-corrected chi connectivity index (χ2v) is 6.02. The lowest BCUT2D eigenvalue weighted by atomic mass is 9.92. The molecule has 20 heavy (non-hydrogen) atoms. The van der Waals surface area contributed by atoms with Crippen molar-refractivity contribution >= 4 is 11.9 Å². The molecule has 1 atom stereocenters. The van der Waals surface area contributed by atoms with Gasteiger partial charge in [-0.15, -0.1) is 0 Å². The zero-order chi connectivity index (χ0) is 14.2. The summed E-state index contributed by atoms with van der Waals surface area (Å²) in [5.74, 6) is 1.15. The fraction of sp³-hybridized carbons (Fsp3) is 0.538. The highest BCUT2D eigenvalue weighted by atomic mass is 15.4. The van der Waals surface area contributed by atoms with E-state index in [9.17, 15) is 0 Å². The van der Waals surface area contributed by atoms with Crippen molar-refractivity contribution in [2.24, 2.45) is 5.41 Å². The fourth-order valence-electron chi connectivity index (χ4n) is 2.68. The molecule has 2 aromatic rings. The van der Waals surface area contributed by atoms with Crippen LogP contribution in [0.3, 0.4) is 0 Å². The quantitative estimate of drug-likeness (QED) is 0.882. The van der Waals surface area contributed by atoms with Crippen molar-refractivity contribution in [1.82, 2.24) is 24.7 Å². The standard InChI is InChI=1S/C13H19N7/c1-13(2)5-4-9(8-13)16-11-17-10(14)18-12(19-11)20-7-3-6-15-20/h3,6-7,9H,4-5,8H2,1-2H3,(H3,14,16,17,18,19). The molecule has 0 saturated heterocycles. The van der Waals surface area contributed by atoms with E-state index in [0.717, 1.165) is 12.8 Å². The Balaban J connectivity index is 1.80. The maximum atomic E-state index is 5.75. The molecule has 1 aliphatic carbocycles. The Kier molecular flexibility index (Phi) is 3.04. The van der Waals surface area contributed by atoms with Crippen molar-refractivity contribution in [2.45, 2.75) is 39.2 Å². The van der Waals surface area contributed by atoms with Gasteiger partial charge in [0.1, 0.15) is 0 Å². The molecule has 1 fully saturated rings. The van der Waals surface area contributed by atoms with E-state index in [4.69, 9.17) is 5.73 Å². The zero-order valence-electron chi connectivity index (χ0n) is 11.7. The molecule has 106 valence electrons. The first kappa shape index (κ1) is 12.8. The van der Waals surface area contributed by atoms with E-state index in [-0.39, 0.29) is 5.95 Å². The summed E-state index contributed by atoms with van der Waals surface area (Å²) in [6, 6.07) is 2.20. The third-order valence-electron chi connectivity index (χ3n) is 3.65. The molecule has 0 spiro atoms. The highest BCUT2D eigenvalue weighted by Crippen LogP contribution is 2.37. The Hall–Kier alpha value is -2.18. The average molecular weight is 273 g/mol. The zero-order valence-corrected chi connectivity index (χ0v) is 11.7. The minimum absolute atomic E-state index is 0.199. The number of aromatic nitrogens is 5. The molecular formula is C13H19N7. The van der Waals surface area contributed by atoms with Gasteiger partial charge in [-0.3, -0.25) is 0 Å². The highest BCUT2D eigenvalue weighted by Gasteiger charge is 2.31. The number of hydrogen-bond acceptors (Lipinski definition) is 6. The summed E-state index contributed by atoms with van der Waals surface area (Å²) in [5.41, 5.74) is 6.13. The van der Waals surface area contributed by atoms with Gasteiger partial charge in [0, 0.05) is 18.4 Å². The fourth-order valence-corrected chi connectivity index (χ4v) is 2.68. The molecule has 1 aliphatic rings. The van der Waals surface area contributed by atoms with Crippen molar-refractivity contribution < 1.29 is 0 Å². The van der Waals surface area contributed by atoms with E-state index < -0.39 is 0 Å². The van der Waals surface area contributed by atoms with Gasteiger partial charge in [0.05, 0.1) is 0 Å². The summed E-state index contributed by atoms with van der Waals surface area (Å²) in [4.78, 5) is 12.6. The predicted molar refractivity (Wildman–Crippen MR) is 76.4 cm³/mol. The smallest absolute Gasteiger partial charge is 0.257 e. The van der Waals surface area contributed by atoms with Crippen molar-refractivity contribution in [3.05, 3.63) is 18.5 Å². The number of nitrogen functional groups attached to an aromatic ring is 1. The van der Waals surface area contributed by atoms with E-state index in [1.54, 1.807) is 17.1 Å². The number of nitrogens with two attached hydrogens (primary N) is 1. The molecule has 0 aromatic carbocycles. The summed E-state index contributed by atoms with van der Waals surface area (Å²) in [6.07, 6.45) is 6.88. The third-order valence-corrected chi connectivity index (χ3v) is 3.65. The van der Waals surface area contributed by atoms with Gasteiger partial charge in [0.15, 0.2) is 0 Å². The van der Waals surface area contributed by atoms with Crippen LogP contribution in [0.1, 0.15) is 33.1 Å². The Morgan fingerprint density at radius 2 is 2.20 bits per heavy atom. The largest absolute Gasteiger partial charge is 0.368 e. The summed E-state index contributed by atoms with van der Waals surface area (Å²) in [6.45, 7) is 4.57. The molecule has 7 nitrogen and oxygen atoms in total. The van der Waals surface area contributed by atoms with Gasteiger partial charge in [-0.25, -0.2) is 4.68 Å². The molecule has 0 aliphatic heterocycles. The van der Waals surface area contributed by atoms with E-state index in [1.807, 2.05) is 6.07 Å². The van der Waals surface area contributed by atoms with Crippen molar-refractivity contribution in [1.29, 1.82) is 0 Å². The maximum Gasteiger partial charge on any atom is 0.257 e. The van der Waals surface area contributed by atoms with E-state index in [2.05, 4.69) is 39.2 Å². The predicted octanol–water partition coefficient (Wildman–Crippen LogP) is 1.63. The Morgan fingerprint density at radius 3 is 2.85 bits per heavy atom. The molecule has 3 N–H and O–H groups in total. The van der Waals surface area contributed by atoms with Crippen molar-refractivity contribution in [2.75, 3.05) is 11.1 Å². The van der Waals surface area contributed by atoms with Crippen LogP contribution in [0.15, 0.2) is 18.5 Å². The first-order valence-corrected chi connectivity index (χ1v) is 6.80. The van der Waals surface area contributed by atoms with Crippen LogP contribution in [0.2, 0.25) is 0 Å². The molecule has 7 heteroatoms. The number of nitrogens with one attached hydrogen (secondary N) is 1. The van der Waals surface area contributed by atoms with Gasteiger partial charge >= 0.3 is 0 Å². The maximum absolute atomic E-state index is 5.75. The molecule has 1 saturated carbocycles. The van der Waals surface area contributed by atoms with E-state index in [0.29, 0.717) is 23.4 Å². The van der Waals surface area contributed by atoms with Crippen LogP contribution >= 0.6 is 0 Å². The Morgan fingerprint density at radius 1 is 1.35 bits per heavy atom. The summed E-state index contributed by atoms with van der Waals surface area (Å²) in [5, 5.41) is 7.46. The van der Waals surface area contributed by atoms with Gasteiger partial charge in [-0.1, -0.05) is 13.8 Å². The van der Waals surface area contributed by atoms with Gasteiger partial charge in [0.2, 0.25) is 11.9 Å². The van der Waals surface area contributed by atoms with Crippen LogP contribution in [0.25, 0.3) is 5.95 Å². The van der Waals surface area contributed by atoms with Crippen LogP contribution < -0.4 is 11.1 Å². The molecular weight excluding hydrogens is 254 g/mol. The molecule has 2 heterocycles. The second-order valence-electron chi connectivity index (χ2n) is 6.02. The molecule has 0 amide bonds. The number of hydrogen-bond donors (Lipinski definition) is 2. The van der Waals surface area contributed by atoms with Gasteiger partial charge < -0.3 is 11.1 Å². The summed E-state index contributed by atoms with van der Waals surface area (Å²) < 4.78 is 1.57. The lowest BCUT2D eigenvalue weighted by Gasteiger charge is -2.18. The van der Waals surface area contributed by atoms with Crippen LogP contribution in [-0.4, -0.2) is 30.8 Å². The summed E-state index contributed by atoms with van der Waals surface area (Å²) >= 11 is 0. The van der Waals surface area contributed by atoms with Gasteiger partial charge in [-0.2, -0.15) is 20.1 Å². The lowest BCUT2D eigenvalue weighted by Crippen LogP contribution is -2.20. The van der Waals surface area contributed by atoms with Crippen LogP contribution in [0.4, 0.5) is 11.9 Å². The minimum atomic E-state index is 0.199. The number of anilines is 2. The SMILES string of the molecule is CC1(C)CCC(Nc2nc(N)nc(-n3cccn3)n2)C1. The first-order valence-electron chi connectivity index (χ1n) is 6.80. The van der Waals surface area contributed by atoms with Crippen molar-refractivity contribution in [3.8, 4) is 5.95 Å². The lowest BCUT2D eigenvalue weighted by molar-refractivity contribution is 0.378. The van der Waals surface area contributed by atoms with Crippen LogP contribution in [0.5, 0.6) is 0 Å². The molecule has 0 bridgehead atoms. The average Bonchev–Trinajstić information content (AvgIpc) is 2.98.